The van der Waals surface area contributed by atoms with E-state index >= 15 is 0 Å². The van der Waals surface area contributed by atoms with Gasteiger partial charge in [-0.1, -0.05) is 50.6 Å². The minimum atomic E-state index is -1.12. The van der Waals surface area contributed by atoms with Crippen LogP contribution < -0.4 is 10.2 Å². The average molecular weight is 609 g/mol. The quantitative estimate of drug-likeness (QED) is 0.282. The maximum Gasteiger partial charge on any atom is 0.327 e. The van der Waals surface area contributed by atoms with Crippen molar-refractivity contribution < 1.29 is 37.8 Å². The van der Waals surface area contributed by atoms with Gasteiger partial charge in [0.1, 0.15) is 36.7 Å². The first kappa shape index (κ1) is 31.1. The number of alkyl halides is 1. The van der Waals surface area contributed by atoms with Crippen LogP contribution in [0.3, 0.4) is 0 Å². The molecule has 2 aromatic carbocycles. The summed E-state index contributed by atoms with van der Waals surface area (Å²) in [6.45, 7) is 2.90. The molecule has 3 aromatic rings. The number of amides is 3. The Morgan fingerprint density at radius 1 is 1.18 bits per heavy atom. The zero-order valence-electron chi connectivity index (χ0n) is 24.8. The molecule has 3 heterocycles. The molecule has 0 saturated carbocycles. The molecule has 5 rings (SSSR count). The number of nitrogens with zero attached hydrogens (tertiary/aromatic N) is 3. The summed E-state index contributed by atoms with van der Waals surface area (Å²) in [6.07, 6.45) is 1.25. The second-order valence-electron chi connectivity index (χ2n) is 11.3. The third kappa shape index (κ3) is 6.30. The van der Waals surface area contributed by atoms with Crippen molar-refractivity contribution in [1.29, 1.82) is 0 Å². The Bertz CT molecular complexity index is 1510. The molecular formula is C32H37FN4O7. The third-order valence-corrected chi connectivity index (χ3v) is 8.45. The summed E-state index contributed by atoms with van der Waals surface area (Å²) >= 11 is 0. The summed E-state index contributed by atoms with van der Waals surface area (Å²) in [7, 11) is 0. The molecule has 0 bridgehead atoms. The van der Waals surface area contributed by atoms with Crippen molar-refractivity contribution in [2.24, 2.45) is 5.92 Å². The van der Waals surface area contributed by atoms with Crippen LogP contribution in [0.15, 0.2) is 46.9 Å². The number of halogens is 1. The van der Waals surface area contributed by atoms with E-state index in [2.05, 4.69) is 10.3 Å². The Kier molecular flexibility index (Phi) is 9.58. The number of carboxylic acids is 1. The number of carboxylic acid groups (broad SMARTS) is 1. The Labute approximate surface area is 254 Å². The zero-order chi connectivity index (χ0) is 31.4. The van der Waals surface area contributed by atoms with E-state index in [-0.39, 0.29) is 50.8 Å². The van der Waals surface area contributed by atoms with Gasteiger partial charge in [-0.05, 0) is 42.0 Å². The van der Waals surface area contributed by atoms with Crippen molar-refractivity contribution >= 4 is 40.5 Å². The van der Waals surface area contributed by atoms with Gasteiger partial charge in [-0.25, -0.2) is 14.2 Å². The number of rotatable bonds is 13. The number of para-hydroxylation sites is 3. The van der Waals surface area contributed by atoms with Gasteiger partial charge in [0.2, 0.25) is 23.6 Å². The number of nitrogens with one attached hydrogen (secondary N) is 1. The lowest BCUT2D eigenvalue weighted by Gasteiger charge is -2.35. The highest BCUT2D eigenvalue weighted by Crippen LogP contribution is 2.39. The highest BCUT2D eigenvalue weighted by molar-refractivity contribution is 6.07. The van der Waals surface area contributed by atoms with Crippen LogP contribution in [0.25, 0.3) is 11.1 Å². The fourth-order valence-corrected chi connectivity index (χ4v) is 6.11. The number of fused-ring (bicyclic) bond motifs is 1. The number of oxazole rings is 1. The molecular weight excluding hydrogens is 571 g/mol. The van der Waals surface area contributed by atoms with E-state index in [1.54, 1.807) is 18.2 Å². The average Bonchev–Trinajstić information content (AvgIpc) is 3.58. The molecule has 0 unspecified atom stereocenters. The molecule has 2 aliphatic rings. The minimum Gasteiger partial charge on any atom is -0.480 e. The molecule has 12 heteroatoms. The summed E-state index contributed by atoms with van der Waals surface area (Å²) < 4.78 is 23.8. The maximum absolute atomic E-state index is 14.1. The number of hydrogen-bond donors (Lipinski definition) is 2. The number of carbonyl (C=O) groups excluding carboxylic acids is 3. The SMILES string of the molecule is CC[C@H](C)[C@@H](C(=O)N[C@H]1CCc2cccc3c2N(C1=O)[C@H](C(=O)O)C3)N(CCOCCF)C(=O)Cc1nc2ccccc2o1. The normalized spacial score (nSPS) is 18.9. The van der Waals surface area contributed by atoms with Crippen LogP contribution in [0.2, 0.25) is 0 Å². The molecule has 0 saturated heterocycles. The van der Waals surface area contributed by atoms with E-state index in [1.165, 1.54) is 9.80 Å². The number of hydrogen-bond acceptors (Lipinski definition) is 7. The highest BCUT2D eigenvalue weighted by Gasteiger charge is 2.45. The van der Waals surface area contributed by atoms with Gasteiger partial charge in [0.25, 0.3) is 0 Å². The Balaban J connectivity index is 1.40. The van der Waals surface area contributed by atoms with Gasteiger partial charge in [-0.2, -0.15) is 0 Å². The number of benzene rings is 2. The molecule has 4 atom stereocenters. The first-order chi connectivity index (χ1) is 21.2. The number of anilines is 1. The van der Waals surface area contributed by atoms with Crippen LogP contribution in [-0.4, -0.2) is 83.2 Å². The lowest BCUT2D eigenvalue weighted by atomic mass is 9.95. The van der Waals surface area contributed by atoms with Gasteiger partial charge < -0.3 is 24.5 Å². The Morgan fingerprint density at radius 2 is 1.95 bits per heavy atom. The largest absolute Gasteiger partial charge is 0.480 e. The lowest BCUT2D eigenvalue weighted by molar-refractivity contribution is -0.144. The van der Waals surface area contributed by atoms with Gasteiger partial charge in [0.05, 0.1) is 18.9 Å². The van der Waals surface area contributed by atoms with Gasteiger partial charge in [-0.3, -0.25) is 19.3 Å². The van der Waals surface area contributed by atoms with Crippen LogP contribution >= 0.6 is 0 Å². The van der Waals surface area contributed by atoms with Crippen molar-refractivity contribution in [3.63, 3.8) is 0 Å². The molecule has 3 amide bonds. The van der Waals surface area contributed by atoms with Crippen molar-refractivity contribution in [2.75, 3.05) is 31.3 Å². The van der Waals surface area contributed by atoms with E-state index in [9.17, 15) is 28.7 Å². The van der Waals surface area contributed by atoms with E-state index in [0.29, 0.717) is 29.6 Å². The number of aromatic nitrogens is 1. The second kappa shape index (κ2) is 13.5. The Morgan fingerprint density at radius 3 is 2.68 bits per heavy atom. The Hall–Kier alpha value is -4.32. The predicted molar refractivity (Wildman–Crippen MR) is 159 cm³/mol. The van der Waals surface area contributed by atoms with Crippen molar-refractivity contribution in [2.45, 2.75) is 64.1 Å². The molecule has 0 fully saturated rings. The standard InChI is InChI=1S/C32H37FN4O7/c1-3-19(2)28(36(14-16-43-15-13-33)27(38)18-26-34-22-9-4-5-10-25(22)44-26)30(39)35-23-12-11-20-7-6-8-21-17-24(32(41)42)37(29(20)21)31(23)40/h4-10,19,23-24,28H,3,11-18H2,1-2H3,(H,35,39)(H,41,42)/t19-,23-,24-,28-/m0/s1. The van der Waals surface area contributed by atoms with Gasteiger partial charge >= 0.3 is 5.97 Å². The summed E-state index contributed by atoms with van der Waals surface area (Å²) in [5.41, 5.74) is 3.39. The first-order valence-corrected chi connectivity index (χ1v) is 15.0. The van der Waals surface area contributed by atoms with Crippen LogP contribution in [-0.2, 0) is 43.2 Å². The predicted octanol–water partition coefficient (Wildman–Crippen LogP) is 3.07. The van der Waals surface area contributed by atoms with Crippen molar-refractivity contribution in [1.82, 2.24) is 15.2 Å². The monoisotopic (exact) mass is 608 g/mol. The number of aryl methyl sites for hydroxylation is 1. The van der Waals surface area contributed by atoms with Gasteiger partial charge in [-0.15, -0.1) is 0 Å². The van der Waals surface area contributed by atoms with Crippen LogP contribution in [0.4, 0.5) is 10.1 Å². The van der Waals surface area contributed by atoms with E-state index in [1.807, 2.05) is 38.1 Å². The molecule has 0 aliphatic carbocycles. The van der Waals surface area contributed by atoms with Gasteiger partial charge in [0.15, 0.2) is 5.58 Å². The van der Waals surface area contributed by atoms with Crippen molar-refractivity contribution in [3.8, 4) is 0 Å². The number of aliphatic carboxylic acids is 1. The molecule has 2 N–H and O–H groups in total. The van der Waals surface area contributed by atoms with E-state index < -0.39 is 48.5 Å². The smallest absolute Gasteiger partial charge is 0.327 e. The van der Waals surface area contributed by atoms with Crippen molar-refractivity contribution in [3.05, 3.63) is 59.5 Å². The van der Waals surface area contributed by atoms with Crippen LogP contribution in [0, 0.1) is 5.92 Å². The molecule has 11 nitrogen and oxygen atoms in total. The molecule has 2 aliphatic heterocycles. The fourth-order valence-electron chi connectivity index (χ4n) is 6.11. The van der Waals surface area contributed by atoms with Crippen LogP contribution in [0.5, 0.6) is 0 Å². The zero-order valence-corrected chi connectivity index (χ0v) is 24.8. The van der Waals surface area contributed by atoms with Gasteiger partial charge in [0, 0.05) is 13.0 Å². The number of carbonyl (C=O) groups is 4. The third-order valence-electron chi connectivity index (χ3n) is 8.45. The number of ether oxygens (including phenoxy) is 1. The molecule has 234 valence electrons. The minimum absolute atomic E-state index is 0.00204. The summed E-state index contributed by atoms with van der Waals surface area (Å²) in [4.78, 5) is 60.9. The van der Waals surface area contributed by atoms with E-state index in [0.717, 1.165) is 11.1 Å². The molecule has 0 radical (unpaired) electrons. The first-order valence-electron chi connectivity index (χ1n) is 15.0. The lowest BCUT2D eigenvalue weighted by Crippen LogP contribution is -2.59. The molecule has 0 spiro atoms. The van der Waals surface area contributed by atoms with E-state index in [4.69, 9.17) is 9.15 Å². The summed E-state index contributed by atoms with van der Waals surface area (Å²) in [6, 6.07) is 9.62. The summed E-state index contributed by atoms with van der Waals surface area (Å²) in [5, 5.41) is 12.8. The second-order valence-corrected chi connectivity index (χ2v) is 11.3. The highest BCUT2D eigenvalue weighted by atomic mass is 19.1. The molecule has 44 heavy (non-hydrogen) atoms. The maximum atomic E-state index is 14.1. The topological polar surface area (TPSA) is 142 Å². The molecule has 1 aromatic heterocycles. The van der Waals surface area contributed by atoms with Crippen LogP contribution in [0.1, 0.15) is 43.7 Å². The summed E-state index contributed by atoms with van der Waals surface area (Å²) in [5.74, 6) is -2.72. The fraction of sp³-hybridized carbons (Fsp3) is 0.469.